The number of hydrogen-bond acceptors (Lipinski definition) is 4. The van der Waals surface area contributed by atoms with Gasteiger partial charge in [-0.05, 0) is 12.5 Å². The van der Waals surface area contributed by atoms with E-state index in [9.17, 15) is 8.78 Å². The molecule has 0 atom stereocenters. The van der Waals surface area contributed by atoms with Gasteiger partial charge in [-0.25, -0.2) is 8.78 Å². The van der Waals surface area contributed by atoms with E-state index < -0.39 is 37.0 Å². The van der Waals surface area contributed by atoms with Gasteiger partial charge in [-0.1, -0.05) is 11.5 Å². The van der Waals surface area contributed by atoms with E-state index >= 15 is 0 Å². The maximum Gasteiger partial charge on any atom is 0.143 e. The minimum absolute atomic E-state index is 0.403. The summed E-state index contributed by atoms with van der Waals surface area (Å²) in [7, 11) is 1.61. The highest BCUT2D eigenvalue weighted by Gasteiger charge is 2.20. The second kappa shape index (κ2) is 7.43. The topological polar surface area (TPSA) is 86.7 Å². The minimum atomic E-state index is -1.21. The molecule has 0 heterocycles. The highest BCUT2D eigenvalue weighted by atomic mass is 19.1. The van der Waals surface area contributed by atoms with Crippen LogP contribution >= 0.6 is 0 Å². The fraction of sp³-hybridized carbons (Fsp3) is 0.455. The number of halogens is 2. The molecule has 0 amide bonds. The van der Waals surface area contributed by atoms with Gasteiger partial charge >= 0.3 is 0 Å². The first-order chi connectivity index (χ1) is 8.29. The summed E-state index contributed by atoms with van der Waals surface area (Å²) >= 11 is 0. The van der Waals surface area contributed by atoms with E-state index in [0.29, 0.717) is 11.0 Å². The molecule has 18 heavy (non-hydrogen) atoms. The molecule has 0 aromatic heterocycles. The molecule has 5 N–H and O–H groups in total. The number of aryl methyl sites for hydroxylation is 1. The van der Waals surface area contributed by atoms with Crippen LogP contribution in [0.2, 0.25) is 0 Å². The zero-order valence-electron chi connectivity index (χ0n) is 10.5. The van der Waals surface area contributed by atoms with Crippen LogP contribution in [0.25, 0.3) is 0 Å². The van der Waals surface area contributed by atoms with Crippen molar-refractivity contribution in [2.75, 3.05) is 19.8 Å². The molecule has 0 bridgehead atoms. The lowest BCUT2D eigenvalue weighted by molar-refractivity contribution is 0.0698. The molecule has 7 heteroatoms. The predicted octanol–water partition coefficient (Wildman–Crippen LogP) is -1.81. The molecule has 0 saturated heterocycles. The smallest absolute Gasteiger partial charge is 0.143 e. The van der Waals surface area contributed by atoms with Crippen molar-refractivity contribution in [1.29, 1.82) is 0 Å². The van der Waals surface area contributed by atoms with Gasteiger partial charge in [-0.2, -0.15) is 0 Å². The SMILES string of the molecule is Bc1cc(C)c(F)cc1F.NC(CO)(CO)CO. The largest absolute Gasteiger partial charge is 0.394 e. The summed E-state index contributed by atoms with van der Waals surface area (Å²) < 4.78 is 25.0. The molecule has 0 fully saturated rings. The van der Waals surface area contributed by atoms with Gasteiger partial charge in [-0.3, -0.25) is 0 Å². The summed E-state index contributed by atoms with van der Waals surface area (Å²) in [5.41, 5.74) is 4.91. The van der Waals surface area contributed by atoms with Gasteiger partial charge in [0.05, 0.1) is 25.4 Å². The summed E-state index contributed by atoms with van der Waals surface area (Å²) in [4.78, 5) is 0. The molecule has 1 rings (SSSR count). The average molecular weight is 261 g/mol. The number of nitrogens with two attached hydrogens (primary N) is 1. The van der Waals surface area contributed by atoms with E-state index in [0.717, 1.165) is 6.07 Å². The second-order valence-corrected chi connectivity index (χ2v) is 4.19. The molecular weight excluding hydrogens is 243 g/mol. The molecule has 0 unspecified atom stereocenters. The van der Waals surface area contributed by atoms with Crippen molar-refractivity contribution in [3.63, 3.8) is 0 Å². The third kappa shape index (κ3) is 5.09. The predicted molar refractivity (Wildman–Crippen MR) is 67.4 cm³/mol. The Morgan fingerprint density at radius 1 is 1.11 bits per heavy atom. The van der Waals surface area contributed by atoms with Crippen molar-refractivity contribution in [3.8, 4) is 0 Å². The lowest BCUT2D eigenvalue weighted by Gasteiger charge is -2.20. The number of hydrogen-bond donors (Lipinski definition) is 4. The molecule has 1 aromatic carbocycles. The molecule has 0 aliphatic heterocycles. The molecule has 4 nitrogen and oxygen atoms in total. The first-order valence-corrected chi connectivity index (χ1v) is 5.33. The standard InChI is InChI=1S/C7H7BF2.C4H11NO3/c1-4-2-5(8)7(10)3-6(4)9;5-4(1-6,2-7)3-8/h2-3H,8H2,1H3;6-8H,1-3,5H2. The maximum atomic E-state index is 12.5. The van der Waals surface area contributed by atoms with Crippen LogP contribution in [-0.4, -0.2) is 48.5 Å². The van der Waals surface area contributed by atoms with E-state index in [4.69, 9.17) is 21.1 Å². The summed E-state index contributed by atoms with van der Waals surface area (Å²) in [6, 6.07) is 2.40. The Bertz CT molecular complexity index is 328. The average Bonchev–Trinajstić information content (AvgIpc) is 2.36. The van der Waals surface area contributed by atoms with E-state index in [-0.39, 0.29) is 0 Å². The maximum absolute atomic E-state index is 12.5. The third-order valence-electron chi connectivity index (χ3n) is 2.38. The Kier molecular flexibility index (Phi) is 7.01. The fourth-order valence-electron chi connectivity index (χ4n) is 0.952. The Hall–Kier alpha value is -1.02. The molecule has 0 aliphatic carbocycles. The Morgan fingerprint density at radius 3 is 1.83 bits per heavy atom. The molecule has 0 spiro atoms. The second-order valence-electron chi connectivity index (χ2n) is 4.19. The first-order valence-electron chi connectivity index (χ1n) is 5.33. The van der Waals surface area contributed by atoms with E-state index in [2.05, 4.69) is 0 Å². The molecule has 0 radical (unpaired) electrons. The van der Waals surface area contributed by atoms with Gasteiger partial charge in [-0.15, -0.1) is 0 Å². The van der Waals surface area contributed by atoms with Crippen LogP contribution in [0.5, 0.6) is 0 Å². The quantitative estimate of drug-likeness (QED) is 0.483. The molecule has 1 aromatic rings. The number of aliphatic hydroxyl groups excluding tert-OH is 3. The number of benzene rings is 1. The van der Waals surface area contributed by atoms with Gasteiger partial charge < -0.3 is 21.1 Å². The van der Waals surface area contributed by atoms with Crippen LogP contribution in [0.1, 0.15) is 5.56 Å². The number of aliphatic hydroxyl groups is 3. The highest BCUT2D eigenvalue weighted by molar-refractivity contribution is 6.32. The van der Waals surface area contributed by atoms with Crippen molar-refractivity contribution in [2.45, 2.75) is 12.5 Å². The van der Waals surface area contributed by atoms with Crippen molar-refractivity contribution in [1.82, 2.24) is 0 Å². The molecular formula is C11H18BF2NO3. The first kappa shape index (κ1) is 17.0. The minimum Gasteiger partial charge on any atom is -0.394 e. The zero-order chi connectivity index (χ0) is 14.3. The summed E-state index contributed by atoms with van der Waals surface area (Å²) in [5.74, 6) is -0.966. The summed E-state index contributed by atoms with van der Waals surface area (Å²) in [6.45, 7) is 0.405. The Balaban J connectivity index is 0.000000331. The van der Waals surface area contributed by atoms with E-state index in [1.54, 1.807) is 14.8 Å². The molecule has 0 saturated carbocycles. The lowest BCUT2D eigenvalue weighted by atomic mass is 9.94. The monoisotopic (exact) mass is 261 g/mol. The van der Waals surface area contributed by atoms with Gasteiger partial charge in [0.25, 0.3) is 0 Å². The Labute approximate surface area is 105 Å². The zero-order valence-corrected chi connectivity index (χ0v) is 10.5. The molecule has 0 aliphatic rings. The van der Waals surface area contributed by atoms with Crippen molar-refractivity contribution >= 4 is 13.3 Å². The third-order valence-corrected chi connectivity index (χ3v) is 2.38. The van der Waals surface area contributed by atoms with Crippen LogP contribution in [-0.2, 0) is 0 Å². The summed E-state index contributed by atoms with van der Waals surface area (Å²) in [5, 5.41) is 25.0. The fourth-order valence-corrected chi connectivity index (χ4v) is 0.952. The van der Waals surface area contributed by atoms with E-state index in [1.807, 2.05) is 0 Å². The van der Waals surface area contributed by atoms with Crippen molar-refractivity contribution < 1.29 is 24.1 Å². The van der Waals surface area contributed by atoms with Crippen LogP contribution in [0.3, 0.4) is 0 Å². The molecule has 102 valence electrons. The summed E-state index contributed by atoms with van der Waals surface area (Å²) in [6.07, 6.45) is 0. The van der Waals surface area contributed by atoms with Crippen molar-refractivity contribution in [2.24, 2.45) is 5.73 Å². The van der Waals surface area contributed by atoms with Crippen molar-refractivity contribution in [3.05, 3.63) is 29.3 Å². The van der Waals surface area contributed by atoms with Crippen LogP contribution in [0.4, 0.5) is 8.78 Å². The normalized spacial score (nSPS) is 10.8. The van der Waals surface area contributed by atoms with Gasteiger partial charge in [0.2, 0.25) is 0 Å². The lowest BCUT2D eigenvalue weighted by Crippen LogP contribution is -2.50. The van der Waals surface area contributed by atoms with Gasteiger partial charge in [0.15, 0.2) is 0 Å². The number of rotatable bonds is 3. The van der Waals surface area contributed by atoms with Crippen LogP contribution in [0.15, 0.2) is 12.1 Å². The van der Waals surface area contributed by atoms with E-state index in [1.165, 1.54) is 6.07 Å². The highest BCUT2D eigenvalue weighted by Crippen LogP contribution is 2.04. The van der Waals surface area contributed by atoms with Crippen LogP contribution < -0.4 is 11.2 Å². The van der Waals surface area contributed by atoms with Gasteiger partial charge in [0, 0.05) is 6.07 Å². The van der Waals surface area contributed by atoms with Gasteiger partial charge in [0.1, 0.15) is 19.5 Å². The Morgan fingerprint density at radius 2 is 1.56 bits per heavy atom. The van der Waals surface area contributed by atoms with Crippen LogP contribution in [0, 0.1) is 18.6 Å².